The second-order valence-electron chi connectivity index (χ2n) is 6.32. The molecule has 1 atom stereocenters. The summed E-state index contributed by atoms with van der Waals surface area (Å²) in [5, 5.41) is 10.6. The van der Waals surface area contributed by atoms with Crippen LogP contribution in [0.1, 0.15) is 12.5 Å². The minimum atomic E-state index is -0.717. The Morgan fingerprint density at radius 3 is 2.75 bits per heavy atom. The number of benzene rings is 2. The maximum atomic E-state index is 12.5. The molecule has 1 aromatic heterocycles. The molecule has 2 N–H and O–H groups in total. The molecule has 28 heavy (non-hydrogen) atoms. The van der Waals surface area contributed by atoms with Gasteiger partial charge in [-0.3, -0.25) is 9.59 Å². The van der Waals surface area contributed by atoms with E-state index in [0.29, 0.717) is 22.3 Å². The first kappa shape index (κ1) is 18.1. The van der Waals surface area contributed by atoms with Crippen LogP contribution in [0, 0.1) is 0 Å². The van der Waals surface area contributed by atoms with E-state index in [4.69, 9.17) is 16.3 Å². The third-order valence-corrected chi connectivity index (χ3v) is 4.80. The van der Waals surface area contributed by atoms with Crippen molar-refractivity contribution in [1.29, 1.82) is 0 Å². The van der Waals surface area contributed by atoms with Gasteiger partial charge in [-0.15, -0.1) is 0 Å². The maximum absolute atomic E-state index is 12.5. The average Bonchev–Trinajstić information content (AvgIpc) is 3.22. The van der Waals surface area contributed by atoms with E-state index in [1.165, 1.54) is 7.11 Å². The molecule has 2 amide bonds. The normalized spacial score (nSPS) is 15.1. The van der Waals surface area contributed by atoms with Crippen molar-refractivity contribution < 1.29 is 14.3 Å². The van der Waals surface area contributed by atoms with Gasteiger partial charge in [0.25, 0.3) is 5.91 Å². The minimum Gasteiger partial charge on any atom is -0.495 e. The van der Waals surface area contributed by atoms with Crippen LogP contribution in [0.2, 0.25) is 5.02 Å². The molecule has 0 bridgehead atoms. The molecule has 142 valence electrons. The fraction of sp³-hybridized carbons (Fsp3) is 0.150. The van der Waals surface area contributed by atoms with E-state index >= 15 is 0 Å². The molecular weight excluding hydrogens is 380 g/mol. The second kappa shape index (κ2) is 7.36. The van der Waals surface area contributed by atoms with Crippen molar-refractivity contribution in [1.82, 2.24) is 9.78 Å². The zero-order valence-electron chi connectivity index (χ0n) is 15.0. The SMILES string of the molecule is COc1ccccc1NC(=O)CC1C(=O)Nc2c(-c3ccc(Cl)cc3)cnn21. The number of carbonyl (C=O) groups excluding carboxylic acids is 2. The molecular formula is C20H17ClN4O3. The number of nitrogens with one attached hydrogen (secondary N) is 2. The lowest BCUT2D eigenvalue weighted by atomic mass is 10.1. The molecule has 0 radical (unpaired) electrons. The van der Waals surface area contributed by atoms with Crippen molar-refractivity contribution in [3.63, 3.8) is 0 Å². The molecule has 0 fully saturated rings. The number of ether oxygens (including phenoxy) is 1. The molecule has 1 unspecified atom stereocenters. The molecule has 7 nitrogen and oxygen atoms in total. The number of nitrogens with zero attached hydrogens (tertiary/aromatic N) is 2. The molecule has 0 spiro atoms. The van der Waals surface area contributed by atoms with Gasteiger partial charge in [0.2, 0.25) is 5.91 Å². The van der Waals surface area contributed by atoms with Crippen LogP contribution < -0.4 is 15.4 Å². The lowest BCUT2D eigenvalue weighted by Gasteiger charge is -2.12. The first-order valence-corrected chi connectivity index (χ1v) is 9.02. The van der Waals surface area contributed by atoms with Crippen molar-refractivity contribution in [3.05, 3.63) is 59.8 Å². The number of hydrogen-bond acceptors (Lipinski definition) is 4. The Kier molecular flexibility index (Phi) is 4.75. The Labute approximate surface area is 166 Å². The number of hydrogen-bond donors (Lipinski definition) is 2. The van der Waals surface area contributed by atoms with E-state index in [2.05, 4.69) is 15.7 Å². The van der Waals surface area contributed by atoms with Crippen LogP contribution in [-0.2, 0) is 9.59 Å². The smallest absolute Gasteiger partial charge is 0.251 e. The Balaban J connectivity index is 1.54. The molecule has 1 aliphatic rings. The van der Waals surface area contributed by atoms with Crippen LogP contribution in [0.5, 0.6) is 5.75 Å². The maximum Gasteiger partial charge on any atom is 0.251 e. The number of aromatic nitrogens is 2. The van der Waals surface area contributed by atoms with E-state index in [9.17, 15) is 9.59 Å². The summed E-state index contributed by atoms with van der Waals surface area (Å²) >= 11 is 5.94. The van der Waals surface area contributed by atoms with E-state index in [-0.39, 0.29) is 18.2 Å². The third kappa shape index (κ3) is 3.32. The molecule has 0 aliphatic carbocycles. The number of halogens is 1. The highest BCUT2D eigenvalue weighted by molar-refractivity contribution is 6.30. The van der Waals surface area contributed by atoms with E-state index in [1.54, 1.807) is 41.2 Å². The summed E-state index contributed by atoms with van der Waals surface area (Å²) in [6.07, 6.45) is 1.63. The molecule has 0 saturated carbocycles. The summed E-state index contributed by atoms with van der Waals surface area (Å²) in [5.41, 5.74) is 2.21. The van der Waals surface area contributed by atoms with Crippen LogP contribution >= 0.6 is 11.6 Å². The van der Waals surface area contributed by atoms with E-state index in [1.807, 2.05) is 18.2 Å². The van der Waals surface area contributed by atoms with E-state index < -0.39 is 6.04 Å². The molecule has 2 heterocycles. The van der Waals surface area contributed by atoms with Gasteiger partial charge in [0.1, 0.15) is 17.6 Å². The fourth-order valence-electron chi connectivity index (χ4n) is 3.18. The summed E-state index contributed by atoms with van der Waals surface area (Å²) in [4.78, 5) is 24.9. The number of para-hydroxylation sites is 2. The topological polar surface area (TPSA) is 85.2 Å². The first-order chi connectivity index (χ1) is 13.6. The standard InChI is InChI=1S/C20H17ClN4O3/c1-28-17-5-3-2-4-15(17)23-18(26)10-16-20(27)24-19-14(11-22-25(16)19)12-6-8-13(21)9-7-12/h2-9,11,16H,10H2,1H3,(H,23,26)(H,24,27). The van der Waals surface area contributed by atoms with Gasteiger partial charge in [0.15, 0.2) is 0 Å². The Morgan fingerprint density at radius 1 is 1.25 bits per heavy atom. The van der Waals surface area contributed by atoms with Gasteiger partial charge in [0, 0.05) is 10.6 Å². The number of rotatable bonds is 5. The van der Waals surface area contributed by atoms with E-state index in [0.717, 1.165) is 11.1 Å². The van der Waals surface area contributed by atoms with Crippen LogP contribution in [0.3, 0.4) is 0 Å². The number of fused-ring (bicyclic) bond motifs is 1. The summed E-state index contributed by atoms with van der Waals surface area (Å²) < 4.78 is 6.78. The molecule has 2 aromatic carbocycles. The highest BCUT2D eigenvalue weighted by Gasteiger charge is 2.35. The zero-order valence-corrected chi connectivity index (χ0v) is 15.7. The van der Waals surface area contributed by atoms with Crippen LogP contribution in [0.15, 0.2) is 54.7 Å². The van der Waals surface area contributed by atoms with Gasteiger partial charge in [0.05, 0.1) is 25.4 Å². The van der Waals surface area contributed by atoms with Crippen molar-refractivity contribution in [2.45, 2.75) is 12.5 Å². The van der Waals surface area contributed by atoms with Crippen LogP contribution in [0.4, 0.5) is 11.5 Å². The van der Waals surface area contributed by atoms with Crippen molar-refractivity contribution in [3.8, 4) is 16.9 Å². The zero-order chi connectivity index (χ0) is 19.7. The molecule has 0 saturated heterocycles. The van der Waals surface area contributed by atoms with Crippen molar-refractivity contribution >= 4 is 34.9 Å². The molecule has 4 rings (SSSR count). The summed E-state index contributed by atoms with van der Waals surface area (Å²) in [5.74, 6) is 0.550. The monoisotopic (exact) mass is 396 g/mol. The summed E-state index contributed by atoms with van der Waals surface area (Å²) in [6, 6.07) is 13.6. The van der Waals surface area contributed by atoms with Gasteiger partial charge >= 0.3 is 0 Å². The van der Waals surface area contributed by atoms with Crippen molar-refractivity contribution in [2.75, 3.05) is 17.7 Å². The van der Waals surface area contributed by atoms with Gasteiger partial charge in [-0.05, 0) is 29.8 Å². The molecule has 3 aromatic rings. The Hall–Kier alpha value is -3.32. The number of anilines is 2. The fourth-order valence-corrected chi connectivity index (χ4v) is 3.30. The average molecular weight is 397 g/mol. The predicted molar refractivity (Wildman–Crippen MR) is 107 cm³/mol. The second-order valence-corrected chi connectivity index (χ2v) is 6.75. The predicted octanol–water partition coefficient (Wildman–Crippen LogP) is 3.73. The lowest BCUT2D eigenvalue weighted by Crippen LogP contribution is -2.23. The largest absolute Gasteiger partial charge is 0.495 e. The Bertz CT molecular complexity index is 1050. The lowest BCUT2D eigenvalue weighted by molar-refractivity contribution is -0.123. The number of amides is 2. The number of methoxy groups -OCH3 is 1. The first-order valence-electron chi connectivity index (χ1n) is 8.64. The van der Waals surface area contributed by atoms with Gasteiger partial charge in [-0.25, -0.2) is 4.68 Å². The van der Waals surface area contributed by atoms with Crippen LogP contribution in [-0.4, -0.2) is 28.7 Å². The third-order valence-electron chi connectivity index (χ3n) is 4.55. The molecule has 1 aliphatic heterocycles. The van der Waals surface area contributed by atoms with Crippen molar-refractivity contribution in [2.24, 2.45) is 0 Å². The highest BCUT2D eigenvalue weighted by atomic mass is 35.5. The van der Waals surface area contributed by atoms with Gasteiger partial charge < -0.3 is 15.4 Å². The minimum absolute atomic E-state index is 0.0430. The van der Waals surface area contributed by atoms with Gasteiger partial charge in [-0.2, -0.15) is 5.10 Å². The van der Waals surface area contributed by atoms with Gasteiger partial charge in [-0.1, -0.05) is 35.9 Å². The Morgan fingerprint density at radius 2 is 2.00 bits per heavy atom. The van der Waals surface area contributed by atoms with Crippen LogP contribution in [0.25, 0.3) is 11.1 Å². The highest BCUT2D eigenvalue weighted by Crippen LogP contribution is 2.36. The number of carbonyl (C=O) groups is 2. The summed E-state index contributed by atoms with van der Waals surface area (Å²) in [6.45, 7) is 0. The quantitative estimate of drug-likeness (QED) is 0.688. The summed E-state index contributed by atoms with van der Waals surface area (Å²) in [7, 11) is 1.53. The molecule has 8 heteroatoms.